The highest BCUT2D eigenvalue weighted by Crippen LogP contribution is 2.31. The normalized spacial score (nSPS) is 18.4. The Labute approximate surface area is 164 Å². The second-order valence-corrected chi connectivity index (χ2v) is 6.34. The molecule has 0 bridgehead atoms. The molecule has 11 nitrogen and oxygen atoms in total. The molecule has 0 spiro atoms. The second kappa shape index (κ2) is 7.54. The third kappa shape index (κ3) is 3.57. The number of carbonyl (C=O) groups excluding carboxylic acids is 3. The summed E-state index contributed by atoms with van der Waals surface area (Å²) in [5.41, 5.74) is 0.385. The fourth-order valence-corrected chi connectivity index (χ4v) is 3.10. The van der Waals surface area contributed by atoms with Gasteiger partial charge in [0.05, 0.1) is 11.1 Å². The molecular formula is C18H17N5O6. The van der Waals surface area contributed by atoms with Crippen molar-refractivity contribution in [3.63, 3.8) is 0 Å². The van der Waals surface area contributed by atoms with Crippen LogP contribution in [0, 0.1) is 10.1 Å². The number of pyridine rings is 1. The lowest BCUT2D eigenvalue weighted by Crippen LogP contribution is -2.49. The van der Waals surface area contributed by atoms with E-state index >= 15 is 0 Å². The summed E-state index contributed by atoms with van der Waals surface area (Å²) < 4.78 is 0.816. The number of nitrogens with zero attached hydrogens (tertiary/aromatic N) is 3. The maximum atomic E-state index is 12.9. The summed E-state index contributed by atoms with van der Waals surface area (Å²) in [5.74, 6) is -1.54. The molecule has 2 heterocycles. The summed E-state index contributed by atoms with van der Waals surface area (Å²) in [5, 5.41) is 14.0. The van der Waals surface area contributed by atoms with Crippen LogP contribution in [-0.4, -0.2) is 32.3 Å². The minimum absolute atomic E-state index is 0.248. The van der Waals surface area contributed by atoms with Gasteiger partial charge in [-0.15, -0.1) is 0 Å². The van der Waals surface area contributed by atoms with Crippen LogP contribution >= 0.6 is 0 Å². The molecule has 1 aromatic heterocycles. The molecule has 0 aliphatic carbocycles. The smallest absolute Gasteiger partial charge is 0.318 e. The number of carbonyl (C=O) groups is 3. The van der Waals surface area contributed by atoms with E-state index in [1.54, 1.807) is 37.3 Å². The molecule has 1 aliphatic rings. The third-order valence-corrected chi connectivity index (χ3v) is 4.62. The summed E-state index contributed by atoms with van der Waals surface area (Å²) in [7, 11) is 0. The predicted molar refractivity (Wildman–Crippen MR) is 99.3 cm³/mol. The highest BCUT2D eigenvalue weighted by Gasteiger charge is 2.52. The molecule has 4 amide bonds. The van der Waals surface area contributed by atoms with Crippen molar-refractivity contribution >= 4 is 23.5 Å². The Hall–Kier alpha value is -4.02. The standard InChI is InChI=1S/C18H17N5O6/c1-2-18(12-6-4-3-5-7-12)16(26)22(17(27)19-18)20-14(24)11-21-10-13(23(28)29)8-9-15(21)25/h3-10H,2,11H2,1H3,(H,19,27)(H,20,24). The summed E-state index contributed by atoms with van der Waals surface area (Å²) in [6, 6.07) is 9.75. The number of amides is 4. The Morgan fingerprint density at radius 1 is 1.17 bits per heavy atom. The number of benzene rings is 1. The molecule has 2 N–H and O–H groups in total. The van der Waals surface area contributed by atoms with Crippen molar-refractivity contribution in [3.05, 3.63) is 74.7 Å². The molecule has 150 valence electrons. The molecule has 1 aliphatic heterocycles. The summed E-state index contributed by atoms with van der Waals surface area (Å²) in [6.07, 6.45) is 1.16. The molecule has 0 saturated carbocycles. The monoisotopic (exact) mass is 399 g/mol. The van der Waals surface area contributed by atoms with Crippen LogP contribution in [0.1, 0.15) is 18.9 Å². The van der Waals surface area contributed by atoms with Gasteiger partial charge in [0.25, 0.3) is 23.1 Å². The molecule has 1 aromatic carbocycles. The van der Waals surface area contributed by atoms with Crippen LogP contribution in [0.5, 0.6) is 0 Å². The second-order valence-electron chi connectivity index (χ2n) is 6.34. The van der Waals surface area contributed by atoms with Crippen molar-refractivity contribution in [2.45, 2.75) is 25.4 Å². The SMILES string of the molecule is CCC1(c2ccccc2)NC(=O)N(NC(=O)Cn2cc([N+](=O)[O-])ccc2=O)C1=O. The quantitative estimate of drug-likeness (QED) is 0.414. The Balaban J connectivity index is 1.80. The van der Waals surface area contributed by atoms with E-state index in [-0.39, 0.29) is 12.1 Å². The first-order valence-electron chi connectivity index (χ1n) is 8.65. The minimum atomic E-state index is -1.33. The largest absolute Gasteiger partial charge is 0.344 e. The van der Waals surface area contributed by atoms with Crippen LogP contribution < -0.4 is 16.3 Å². The predicted octanol–water partition coefficient (Wildman–Crippen LogP) is 0.645. The van der Waals surface area contributed by atoms with Gasteiger partial charge >= 0.3 is 6.03 Å². The van der Waals surface area contributed by atoms with Gasteiger partial charge in [-0.3, -0.25) is 34.5 Å². The summed E-state index contributed by atoms with van der Waals surface area (Å²) in [4.78, 5) is 59.6. The van der Waals surface area contributed by atoms with Gasteiger partial charge in [0, 0.05) is 12.1 Å². The fraction of sp³-hybridized carbons (Fsp3) is 0.222. The van der Waals surface area contributed by atoms with Crippen molar-refractivity contribution in [2.75, 3.05) is 0 Å². The molecule has 1 unspecified atom stereocenters. The third-order valence-electron chi connectivity index (χ3n) is 4.62. The first-order valence-corrected chi connectivity index (χ1v) is 8.65. The number of imide groups is 1. The maximum Gasteiger partial charge on any atom is 0.344 e. The van der Waals surface area contributed by atoms with E-state index in [9.17, 15) is 29.3 Å². The van der Waals surface area contributed by atoms with Crippen molar-refractivity contribution in [2.24, 2.45) is 0 Å². The molecule has 0 radical (unpaired) electrons. The number of hydrazine groups is 1. The number of hydrogen-bond donors (Lipinski definition) is 2. The zero-order valence-electron chi connectivity index (χ0n) is 15.3. The average Bonchev–Trinajstić information content (AvgIpc) is 2.95. The van der Waals surface area contributed by atoms with Crippen molar-refractivity contribution in [1.82, 2.24) is 20.3 Å². The Bertz CT molecular complexity index is 1050. The number of hydrogen-bond acceptors (Lipinski definition) is 6. The van der Waals surface area contributed by atoms with Gasteiger partial charge in [0.1, 0.15) is 12.1 Å². The number of aromatic nitrogens is 1. The number of nitrogens with one attached hydrogen (secondary N) is 2. The van der Waals surface area contributed by atoms with E-state index in [1.165, 1.54) is 0 Å². The number of nitro groups is 1. The molecular weight excluding hydrogens is 382 g/mol. The highest BCUT2D eigenvalue weighted by atomic mass is 16.6. The van der Waals surface area contributed by atoms with Gasteiger partial charge in [-0.1, -0.05) is 37.3 Å². The van der Waals surface area contributed by atoms with E-state index in [0.29, 0.717) is 10.6 Å². The number of urea groups is 1. The van der Waals surface area contributed by atoms with Crippen LogP contribution in [-0.2, 0) is 21.7 Å². The van der Waals surface area contributed by atoms with Crippen molar-refractivity contribution in [1.29, 1.82) is 0 Å². The van der Waals surface area contributed by atoms with Crippen molar-refractivity contribution in [3.8, 4) is 0 Å². The lowest BCUT2D eigenvalue weighted by molar-refractivity contribution is -0.385. The maximum absolute atomic E-state index is 12.9. The van der Waals surface area contributed by atoms with Crippen LogP contribution in [0.15, 0.2) is 53.5 Å². The molecule has 2 aromatic rings. The topological polar surface area (TPSA) is 144 Å². The van der Waals surface area contributed by atoms with E-state index in [2.05, 4.69) is 10.7 Å². The fourth-order valence-electron chi connectivity index (χ4n) is 3.10. The Kier molecular flexibility index (Phi) is 5.13. The minimum Gasteiger partial charge on any atom is -0.318 e. The molecule has 1 fully saturated rings. The lowest BCUT2D eigenvalue weighted by atomic mass is 9.87. The van der Waals surface area contributed by atoms with Gasteiger partial charge in [0.15, 0.2) is 0 Å². The van der Waals surface area contributed by atoms with Crippen molar-refractivity contribution < 1.29 is 19.3 Å². The van der Waals surface area contributed by atoms with Gasteiger partial charge in [0.2, 0.25) is 0 Å². The lowest BCUT2D eigenvalue weighted by Gasteiger charge is -2.25. The molecule has 1 atom stereocenters. The Morgan fingerprint density at radius 2 is 1.86 bits per heavy atom. The van der Waals surface area contributed by atoms with Gasteiger partial charge in [-0.2, -0.15) is 5.01 Å². The Morgan fingerprint density at radius 3 is 2.48 bits per heavy atom. The van der Waals surface area contributed by atoms with E-state index in [0.717, 1.165) is 22.9 Å². The van der Waals surface area contributed by atoms with Gasteiger partial charge in [-0.05, 0) is 12.0 Å². The van der Waals surface area contributed by atoms with Crippen LogP contribution in [0.4, 0.5) is 10.5 Å². The molecule has 1 saturated heterocycles. The highest BCUT2D eigenvalue weighted by molar-refractivity contribution is 6.08. The molecule has 3 rings (SSSR count). The van der Waals surface area contributed by atoms with Gasteiger partial charge < -0.3 is 5.32 Å². The first kappa shape index (κ1) is 19.7. The molecule has 11 heteroatoms. The van der Waals surface area contributed by atoms with E-state index in [4.69, 9.17) is 0 Å². The van der Waals surface area contributed by atoms with Crippen LogP contribution in [0.25, 0.3) is 0 Å². The van der Waals surface area contributed by atoms with Gasteiger partial charge in [-0.25, -0.2) is 4.79 Å². The average molecular weight is 399 g/mol. The first-order chi connectivity index (χ1) is 13.8. The summed E-state index contributed by atoms with van der Waals surface area (Å²) >= 11 is 0. The summed E-state index contributed by atoms with van der Waals surface area (Å²) in [6.45, 7) is 1.11. The van der Waals surface area contributed by atoms with E-state index in [1.807, 2.05) is 0 Å². The van der Waals surface area contributed by atoms with E-state index < -0.39 is 40.4 Å². The van der Waals surface area contributed by atoms with Crippen LogP contribution in [0.2, 0.25) is 0 Å². The zero-order valence-corrected chi connectivity index (χ0v) is 15.3. The van der Waals surface area contributed by atoms with Crippen LogP contribution in [0.3, 0.4) is 0 Å². The zero-order chi connectivity index (χ0) is 21.2. The number of rotatable bonds is 6. The molecule has 29 heavy (non-hydrogen) atoms.